The van der Waals surface area contributed by atoms with Gasteiger partial charge < -0.3 is 9.84 Å². The van der Waals surface area contributed by atoms with E-state index in [4.69, 9.17) is 44.6 Å². The molecule has 0 bridgehead atoms. The second-order valence-corrected chi connectivity index (χ2v) is 7.84. The minimum Gasteiger partial charge on any atom is -0.394 e. The summed E-state index contributed by atoms with van der Waals surface area (Å²) in [6.07, 6.45) is -0.569. The molecule has 21 heavy (non-hydrogen) atoms. The van der Waals surface area contributed by atoms with Crippen LogP contribution in [0.5, 0.6) is 0 Å². The average Bonchev–Trinajstić information content (AvgIpc) is 2.37. The van der Waals surface area contributed by atoms with E-state index in [1.165, 1.54) is 16.4 Å². The van der Waals surface area contributed by atoms with Gasteiger partial charge in [0.05, 0.1) is 29.4 Å². The Morgan fingerprint density at radius 2 is 1.90 bits per heavy atom. The molecular formula is C12H14Cl3NO4S. The van der Waals surface area contributed by atoms with Crippen LogP contribution in [0.1, 0.15) is 6.92 Å². The number of ether oxygens (including phenoxy) is 1. The highest BCUT2D eigenvalue weighted by Gasteiger charge is 2.37. The van der Waals surface area contributed by atoms with Gasteiger partial charge >= 0.3 is 0 Å². The zero-order valence-corrected chi connectivity index (χ0v) is 14.2. The first-order valence-electron chi connectivity index (χ1n) is 6.16. The molecule has 5 nitrogen and oxygen atoms in total. The number of benzene rings is 1. The van der Waals surface area contributed by atoms with E-state index in [-0.39, 0.29) is 45.8 Å². The predicted octanol–water partition coefficient (Wildman–Crippen LogP) is 2.42. The van der Waals surface area contributed by atoms with Crippen molar-refractivity contribution in [2.45, 2.75) is 24.0 Å². The van der Waals surface area contributed by atoms with Gasteiger partial charge in [-0.3, -0.25) is 0 Å². The number of hydrogen-bond acceptors (Lipinski definition) is 4. The molecule has 118 valence electrons. The first kappa shape index (κ1) is 17.3. The Balaban J connectivity index is 2.46. The standard InChI is InChI=1S/C12H14Cl3NO4S/c1-7-6-20-9(5-17)4-16(7)21(18,19)12-10(14)2-8(13)3-11(12)15/h2-3,7,9,17H,4-6H2,1H3. The molecule has 1 N–H and O–H groups in total. The Hall–Kier alpha value is -0.0800. The summed E-state index contributed by atoms with van der Waals surface area (Å²) in [5.74, 6) is 0. The van der Waals surface area contributed by atoms with Gasteiger partial charge in [0, 0.05) is 17.6 Å². The van der Waals surface area contributed by atoms with Crippen molar-refractivity contribution in [2.24, 2.45) is 0 Å². The number of nitrogens with zero attached hydrogens (tertiary/aromatic N) is 1. The zero-order valence-electron chi connectivity index (χ0n) is 11.1. The summed E-state index contributed by atoms with van der Waals surface area (Å²) in [6.45, 7) is 1.67. The van der Waals surface area contributed by atoms with Gasteiger partial charge in [0.1, 0.15) is 4.90 Å². The van der Waals surface area contributed by atoms with Crippen LogP contribution < -0.4 is 0 Å². The third-order valence-electron chi connectivity index (χ3n) is 3.18. The maximum Gasteiger partial charge on any atom is 0.246 e. The Morgan fingerprint density at radius 1 is 1.33 bits per heavy atom. The van der Waals surface area contributed by atoms with Crippen LogP contribution in [0.3, 0.4) is 0 Å². The Morgan fingerprint density at radius 3 is 2.43 bits per heavy atom. The number of hydrogen-bond donors (Lipinski definition) is 1. The van der Waals surface area contributed by atoms with Crippen LogP contribution in [0.25, 0.3) is 0 Å². The van der Waals surface area contributed by atoms with Gasteiger partial charge in [-0.25, -0.2) is 8.42 Å². The number of aliphatic hydroxyl groups is 1. The Bertz CT molecular complexity index is 614. The molecular weight excluding hydrogens is 361 g/mol. The lowest BCUT2D eigenvalue weighted by molar-refractivity contribution is -0.0516. The SMILES string of the molecule is CC1COC(CO)CN1S(=O)(=O)c1c(Cl)cc(Cl)cc1Cl. The third-order valence-corrected chi connectivity index (χ3v) is 6.30. The van der Waals surface area contributed by atoms with E-state index in [1.54, 1.807) is 6.92 Å². The predicted molar refractivity (Wildman–Crippen MR) is 81.7 cm³/mol. The minimum atomic E-state index is -3.91. The van der Waals surface area contributed by atoms with E-state index >= 15 is 0 Å². The Kier molecular flexibility index (Phi) is 5.41. The molecule has 0 radical (unpaired) electrons. The van der Waals surface area contributed by atoms with Crippen molar-refractivity contribution in [3.63, 3.8) is 0 Å². The summed E-state index contributed by atoms with van der Waals surface area (Å²) < 4.78 is 32.1. The first-order chi connectivity index (χ1) is 9.77. The number of aliphatic hydroxyl groups excluding tert-OH is 1. The van der Waals surface area contributed by atoms with Gasteiger partial charge in [0.25, 0.3) is 0 Å². The van der Waals surface area contributed by atoms with E-state index in [1.807, 2.05) is 0 Å². The Labute approximate surface area is 138 Å². The number of morpholine rings is 1. The van der Waals surface area contributed by atoms with Crippen LogP contribution in [0.4, 0.5) is 0 Å². The van der Waals surface area contributed by atoms with Crippen LogP contribution in [0, 0.1) is 0 Å². The van der Waals surface area contributed by atoms with Crippen molar-refractivity contribution in [3.05, 3.63) is 27.2 Å². The smallest absolute Gasteiger partial charge is 0.246 e. The number of rotatable bonds is 3. The molecule has 0 aromatic heterocycles. The summed E-state index contributed by atoms with van der Waals surface area (Å²) in [5.41, 5.74) is 0. The summed E-state index contributed by atoms with van der Waals surface area (Å²) in [5, 5.41) is 9.35. The molecule has 2 atom stereocenters. The third kappa shape index (κ3) is 3.47. The van der Waals surface area contributed by atoms with Gasteiger partial charge in [0.15, 0.2) is 0 Å². The first-order valence-corrected chi connectivity index (χ1v) is 8.73. The lowest BCUT2D eigenvalue weighted by Crippen LogP contribution is -2.51. The van der Waals surface area contributed by atoms with Gasteiger partial charge in [-0.2, -0.15) is 4.31 Å². The second kappa shape index (κ2) is 6.58. The molecule has 0 saturated carbocycles. The van der Waals surface area contributed by atoms with Crippen molar-refractivity contribution in [1.82, 2.24) is 4.31 Å². The van der Waals surface area contributed by atoms with E-state index in [0.29, 0.717) is 0 Å². The molecule has 2 unspecified atom stereocenters. The molecule has 1 aromatic rings. The topological polar surface area (TPSA) is 66.8 Å². The van der Waals surface area contributed by atoms with Crippen molar-refractivity contribution in [2.75, 3.05) is 19.8 Å². The molecule has 1 heterocycles. The highest BCUT2D eigenvalue weighted by atomic mass is 35.5. The van der Waals surface area contributed by atoms with Crippen LogP contribution in [-0.2, 0) is 14.8 Å². The fraction of sp³-hybridized carbons (Fsp3) is 0.500. The zero-order chi connectivity index (χ0) is 15.8. The maximum atomic E-state index is 12.8. The highest BCUT2D eigenvalue weighted by molar-refractivity contribution is 7.89. The number of halogens is 3. The fourth-order valence-corrected chi connectivity index (χ4v) is 5.27. The molecule has 1 aliphatic heterocycles. The molecule has 9 heteroatoms. The van der Waals surface area contributed by atoms with Gasteiger partial charge in [-0.05, 0) is 19.1 Å². The largest absolute Gasteiger partial charge is 0.394 e. The lowest BCUT2D eigenvalue weighted by atomic mass is 10.2. The summed E-state index contributed by atoms with van der Waals surface area (Å²) in [6, 6.07) is 2.27. The van der Waals surface area contributed by atoms with Gasteiger partial charge in [0.2, 0.25) is 10.0 Å². The van der Waals surface area contributed by atoms with E-state index in [9.17, 15) is 8.42 Å². The van der Waals surface area contributed by atoms with Gasteiger partial charge in [-0.15, -0.1) is 0 Å². The average molecular weight is 375 g/mol. The summed E-state index contributed by atoms with van der Waals surface area (Å²) >= 11 is 17.8. The van der Waals surface area contributed by atoms with Crippen LogP contribution in [0.2, 0.25) is 15.1 Å². The molecule has 2 rings (SSSR count). The van der Waals surface area contributed by atoms with Crippen molar-refractivity contribution >= 4 is 44.8 Å². The normalized spacial score (nSPS) is 24.2. The molecule has 1 saturated heterocycles. The van der Waals surface area contributed by atoms with Crippen LogP contribution in [-0.4, -0.2) is 49.7 Å². The highest BCUT2D eigenvalue weighted by Crippen LogP contribution is 2.35. The fourth-order valence-electron chi connectivity index (χ4n) is 2.13. The minimum absolute atomic E-state index is 0.0354. The molecule has 1 fully saturated rings. The van der Waals surface area contributed by atoms with Crippen molar-refractivity contribution in [1.29, 1.82) is 0 Å². The monoisotopic (exact) mass is 373 g/mol. The molecule has 0 aliphatic carbocycles. The lowest BCUT2D eigenvalue weighted by Gasteiger charge is -2.36. The summed E-state index contributed by atoms with van der Waals surface area (Å²) in [4.78, 5) is -0.180. The maximum absolute atomic E-state index is 12.8. The number of sulfonamides is 1. The van der Waals surface area contributed by atoms with Crippen molar-refractivity contribution in [3.8, 4) is 0 Å². The molecule has 0 spiro atoms. The molecule has 0 amide bonds. The van der Waals surface area contributed by atoms with Gasteiger partial charge in [-0.1, -0.05) is 34.8 Å². The van der Waals surface area contributed by atoms with E-state index in [2.05, 4.69) is 0 Å². The van der Waals surface area contributed by atoms with E-state index < -0.39 is 16.1 Å². The van der Waals surface area contributed by atoms with Crippen molar-refractivity contribution < 1.29 is 18.3 Å². The molecule has 1 aliphatic rings. The second-order valence-electron chi connectivity index (χ2n) is 4.76. The molecule has 1 aromatic carbocycles. The van der Waals surface area contributed by atoms with E-state index in [0.717, 1.165) is 0 Å². The van der Waals surface area contributed by atoms with Crippen LogP contribution >= 0.6 is 34.8 Å². The van der Waals surface area contributed by atoms with Crippen LogP contribution in [0.15, 0.2) is 17.0 Å². The summed E-state index contributed by atoms with van der Waals surface area (Å²) in [7, 11) is -3.91. The quantitative estimate of drug-likeness (QED) is 0.882.